The molecule has 2 aromatic heterocycles. The minimum absolute atomic E-state index is 0.321. The second-order valence-electron chi connectivity index (χ2n) is 9.18. The van der Waals surface area contributed by atoms with Gasteiger partial charge in [0, 0.05) is 30.9 Å². The predicted octanol–water partition coefficient (Wildman–Crippen LogP) is 3.82. The molecule has 0 atom stereocenters. The monoisotopic (exact) mass is 421 g/mol. The normalized spacial score (nSPS) is 16.0. The van der Waals surface area contributed by atoms with E-state index >= 15 is 0 Å². The summed E-state index contributed by atoms with van der Waals surface area (Å²) < 4.78 is 6.90. The molecule has 0 saturated carbocycles. The SMILES string of the molecule is COC(=O)c1ccc(Cn2ccc3cc(C4CCN(CC(C)(C)O)CC4)cnc32)cc1. The van der Waals surface area contributed by atoms with Gasteiger partial charge in [0.15, 0.2) is 0 Å². The van der Waals surface area contributed by atoms with Gasteiger partial charge >= 0.3 is 5.97 Å². The quantitative estimate of drug-likeness (QED) is 0.613. The number of benzene rings is 1. The highest BCUT2D eigenvalue weighted by Gasteiger charge is 2.25. The average molecular weight is 422 g/mol. The van der Waals surface area contributed by atoms with Crippen LogP contribution in [-0.2, 0) is 11.3 Å². The average Bonchev–Trinajstić information content (AvgIpc) is 3.15. The van der Waals surface area contributed by atoms with Crippen LogP contribution in [0.25, 0.3) is 11.0 Å². The summed E-state index contributed by atoms with van der Waals surface area (Å²) in [7, 11) is 1.39. The Bertz CT molecular complexity index is 1040. The summed E-state index contributed by atoms with van der Waals surface area (Å²) in [5.74, 6) is 0.197. The number of carbonyl (C=O) groups is 1. The Morgan fingerprint density at radius 3 is 2.55 bits per heavy atom. The number of hydrogen-bond donors (Lipinski definition) is 1. The number of piperidine rings is 1. The molecule has 0 amide bonds. The number of hydrogen-bond acceptors (Lipinski definition) is 5. The first-order valence-corrected chi connectivity index (χ1v) is 10.9. The highest BCUT2D eigenvalue weighted by molar-refractivity contribution is 5.89. The van der Waals surface area contributed by atoms with Crippen LogP contribution < -0.4 is 0 Å². The number of methoxy groups -OCH3 is 1. The molecule has 1 N–H and O–H groups in total. The third kappa shape index (κ3) is 5.14. The molecule has 0 bridgehead atoms. The molecule has 4 rings (SSSR count). The molecule has 6 nitrogen and oxygen atoms in total. The van der Waals surface area contributed by atoms with E-state index in [1.807, 2.05) is 32.2 Å². The van der Waals surface area contributed by atoms with E-state index in [4.69, 9.17) is 9.72 Å². The summed E-state index contributed by atoms with van der Waals surface area (Å²) in [4.78, 5) is 18.7. The largest absolute Gasteiger partial charge is 0.465 e. The van der Waals surface area contributed by atoms with Gasteiger partial charge in [0.05, 0.1) is 18.3 Å². The number of esters is 1. The molecule has 1 fully saturated rings. The highest BCUT2D eigenvalue weighted by Crippen LogP contribution is 2.30. The summed E-state index contributed by atoms with van der Waals surface area (Å²) in [6.07, 6.45) is 6.28. The molecular weight excluding hydrogens is 390 g/mol. The first-order valence-electron chi connectivity index (χ1n) is 10.9. The van der Waals surface area contributed by atoms with Gasteiger partial charge in [0.2, 0.25) is 0 Å². The van der Waals surface area contributed by atoms with Crippen LogP contribution >= 0.6 is 0 Å². The molecule has 0 aliphatic carbocycles. The number of nitrogens with zero attached hydrogens (tertiary/aromatic N) is 3. The Morgan fingerprint density at radius 1 is 1.19 bits per heavy atom. The molecule has 1 aliphatic heterocycles. The van der Waals surface area contributed by atoms with Gasteiger partial charge in [-0.2, -0.15) is 0 Å². The van der Waals surface area contributed by atoms with Crippen molar-refractivity contribution in [3.8, 4) is 0 Å². The fourth-order valence-corrected chi connectivity index (χ4v) is 4.48. The number of pyridine rings is 1. The molecule has 1 aliphatic rings. The zero-order valence-corrected chi connectivity index (χ0v) is 18.5. The summed E-state index contributed by atoms with van der Waals surface area (Å²) in [6.45, 7) is 7.18. The van der Waals surface area contributed by atoms with Crippen molar-refractivity contribution in [2.75, 3.05) is 26.7 Å². The molecular formula is C25H31N3O3. The van der Waals surface area contributed by atoms with Gasteiger partial charge in [-0.3, -0.25) is 0 Å². The van der Waals surface area contributed by atoms with E-state index in [9.17, 15) is 9.90 Å². The number of aliphatic hydroxyl groups is 1. The molecule has 31 heavy (non-hydrogen) atoms. The number of ether oxygens (including phenoxy) is 1. The maximum absolute atomic E-state index is 11.6. The molecule has 6 heteroatoms. The molecule has 164 valence electrons. The topological polar surface area (TPSA) is 67.6 Å². The minimum atomic E-state index is -0.643. The smallest absolute Gasteiger partial charge is 0.337 e. The zero-order chi connectivity index (χ0) is 22.0. The molecule has 3 aromatic rings. The highest BCUT2D eigenvalue weighted by atomic mass is 16.5. The molecule has 0 radical (unpaired) electrons. The van der Waals surface area contributed by atoms with Crippen LogP contribution in [0.4, 0.5) is 0 Å². The van der Waals surface area contributed by atoms with Crippen LogP contribution in [0.1, 0.15) is 54.1 Å². The summed E-state index contributed by atoms with van der Waals surface area (Å²) in [6, 6.07) is 11.9. The number of likely N-dealkylation sites (tertiary alicyclic amines) is 1. The number of aromatic nitrogens is 2. The Balaban J connectivity index is 1.43. The van der Waals surface area contributed by atoms with Crippen LogP contribution in [0.3, 0.4) is 0 Å². The number of fused-ring (bicyclic) bond motifs is 1. The molecule has 0 unspecified atom stereocenters. The summed E-state index contributed by atoms with van der Waals surface area (Å²) in [5.41, 5.74) is 3.29. The van der Waals surface area contributed by atoms with E-state index < -0.39 is 5.60 Å². The fourth-order valence-electron chi connectivity index (χ4n) is 4.48. The van der Waals surface area contributed by atoms with E-state index in [2.05, 4.69) is 27.8 Å². The lowest BCUT2D eigenvalue weighted by molar-refractivity contribution is 0.0281. The molecule has 1 saturated heterocycles. The lowest BCUT2D eigenvalue weighted by atomic mass is 9.89. The van der Waals surface area contributed by atoms with Gasteiger partial charge < -0.3 is 19.3 Å². The maximum Gasteiger partial charge on any atom is 0.337 e. The minimum Gasteiger partial charge on any atom is -0.465 e. The fraction of sp³-hybridized carbons (Fsp3) is 0.440. The van der Waals surface area contributed by atoms with Crippen LogP contribution in [0, 0.1) is 0 Å². The maximum atomic E-state index is 11.6. The van der Waals surface area contributed by atoms with E-state index in [0.29, 0.717) is 18.0 Å². The summed E-state index contributed by atoms with van der Waals surface area (Å²) in [5, 5.41) is 11.2. The van der Waals surface area contributed by atoms with Crippen molar-refractivity contribution >= 4 is 17.0 Å². The number of carbonyl (C=O) groups excluding carboxylic acids is 1. The van der Waals surface area contributed by atoms with Crippen molar-refractivity contribution in [3.05, 3.63) is 65.5 Å². The van der Waals surface area contributed by atoms with E-state index in [0.717, 1.165) is 49.1 Å². The Kier molecular flexibility index (Phi) is 6.12. The van der Waals surface area contributed by atoms with Gasteiger partial charge in [-0.15, -0.1) is 0 Å². The lowest BCUT2D eigenvalue weighted by Crippen LogP contribution is -2.42. The van der Waals surface area contributed by atoms with Crippen molar-refractivity contribution in [1.29, 1.82) is 0 Å². The van der Waals surface area contributed by atoms with Crippen LogP contribution in [0.5, 0.6) is 0 Å². The predicted molar refractivity (Wildman–Crippen MR) is 121 cm³/mol. The molecule has 3 heterocycles. The van der Waals surface area contributed by atoms with E-state index in [-0.39, 0.29) is 5.97 Å². The van der Waals surface area contributed by atoms with Gasteiger partial charge in [0.25, 0.3) is 0 Å². The van der Waals surface area contributed by atoms with Crippen molar-refractivity contribution in [2.24, 2.45) is 0 Å². The van der Waals surface area contributed by atoms with E-state index in [1.165, 1.54) is 12.7 Å². The second kappa shape index (κ2) is 8.81. The van der Waals surface area contributed by atoms with Crippen molar-refractivity contribution < 1.29 is 14.6 Å². The zero-order valence-electron chi connectivity index (χ0n) is 18.5. The van der Waals surface area contributed by atoms with Gasteiger partial charge in [0.1, 0.15) is 5.65 Å². The van der Waals surface area contributed by atoms with Crippen molar-refractivity contribution in [1.82, 2.24) is 14.5 Å². The number of β-amino-alcohol motifs (C(OH)–C–C–N with tert-alkyl or cyclic N) is 1. The Labute approximate surface area is 183 Å². The Hall–Kier alpha value is -2.70. The van der Waals surface area contributed by atoms with Crippen molar-refractivity contribution in [2.45, 2.75) is 44.8 Å². The van der Waals surface area contributed by atoms with Crippen LogP contribution in [-0.4, -0.2) is 57.9 Å². The molecule has 1 aromatic carbocycles. The lowest BCUT2D eigenvalue weighted by Gasteiger charge is -2.35. The van der Waals surface area contributed by atoms with Crippen LogP contribution in [0.15, 0.2) is 48.8 Å². The first-order chi connectivity index (χ1) is 14.8. The van der Waals surface area contributed by atoms with Gasteiger partial charge in [-0.1, -0.05) is 12.1 Å². The number of rotatable bonds is 6. The van der Waals surface area contributed by atoms with Crippen molar-refractivity contribution in [3.63, 3.8) is 0 Å². The third-order valence-electron chi connectivity index (χ3n) is 6.02. The first kappa shape index (κ1) is 21.5. The second-order valence-corrected chi connectivity index (χ2v) is 9.18. The van der Waals surface area contributed by atoms with Gasteiger partial charge in [-0.05, 0) is 81.1 Å². The third-order valence-corrected chi connectivity index (χ3v) is 6.02. The summed E-state index contributed by atoms with van der Waals surface area (Å²) >= 11 is 0. The van der Waals surface area contributed by atoms with Gasteiger partial charge in [-0.25, -0.2) is 9.78 Å². The standard InChI is InChI=1S/C25H31N3O3/c1-25(2,30)17-27-11-8-19(9-12-27)22-14-21-10-13-28(23(21)26-15-22)16-18-4-6-20(7-5-18)24(29)31-3/h4-7,10,13-15,19,30H,8-9,11-12,16-17H2,1-3H3. The molecule has 0 spiro atoms. The van der Waals surface area contributed by atoms with E-state index in [1.54, 1.807) is 12.1 Å². The van der Waals surface area contributed by atoms with Crippen LogP contribution in [0.2, 0.25) is 0 Å². The Morgan fingerprint density at radius 2 is 1.90 bits per heavy atom.